The van der Waals surface area contributed by atoms with Crippen molar-refractivity contribution in [2.24, 2.45) is 5.14 Å². The average molecular weight is 237 g/mol. The summed E-state index contributed by atoms with van der Waals surface area (Å²) in [6, 6.07) is 8.03. The number of rotatable bonds is 4. The van der Waals surface area contributed by atoms with E-state index in [1.165, 1.54) is 12.1 Å². The van der Waals surface area contributed by atoms with Crippen molar-refractivity contribution in [3.8, 4) is 5.75 Å². The van der Waals surface area contributed by atoms with Crippen LogP contribution < -0.4 is 9.66 Å². The van der Waals surface area contributed by atoms with Gasteiger partial charge in [0.05, 0.1) is 0 Å². The SMILES string of the molecule is NS(=O)(=O)O[PH](=O)Oc1ccccc1. The highest BCUT2D eigenvalue weighted by atomic mass is 32.2. The van der Waals surface area contributed by atoms with E-state index in [2.05, 4.69) is 13.6 Å². The summed E-state index contributed by atoms with van der Waals surface area (Å²) in [5.74, 6) is 0.250. The van der Waals surface area contributed by atoms with Crippen LogP contribution in [0.1, 0.15) is 0 Å². The highest BCUT2D eigenvalue weighted by Crippen LogP contribution is 2.28. The highest BCUT2D eigenvalue weighted by Gasteiger charge is 2.10. The van der Waals surface area contributed by atoms with Gasteiger partial charge in [-0.05, 0) is 12.1 Å². The number of hydrogen-bond acceptors (Lipinski definition) is 5. The predicted molar refractivity (Wildman–Crippen MR) is 50.3 cm³/mol. The third-order valence-corrected chi connectivity index (χ3v) is 3.00. The van der Waals surface area contributed by atoms with E-state index in [4.69, 9.17) is 0 Å². The molecule has 1 aromatic rings. The largest absolute Gasteiger partial charge is 0.426 e. The van der Waals surface area contributed by atoms with Gasteiger partial charge in [-0.3, -0.25) is 0 Å². The Labute approximate surface area is 81.8 Å². The van der Waals surface area contributed by atoms with Crippen LogP contribution in [0.15, 0.2) is 30.3 Å². The van der Waals surface area contributed by atoms with Crippen LogP contribution in [0.3, 0.4) is 0 Å². The number of para-hydroxylation sites is 1. The van der Waals surface area contributed by atoms with Gasteiger partial charge < -0.3 is 4.52 Å². The van der Waals surface area contributed by atoms with Crippen LogP contribution in [0.5, 0.6) is 5.75 Å². The third kappa shape index (κ3) is 4.38. The minimum Gasteiger partial charge on any atom is -0.426 e. The van der Waals surface area contributed by atoms with Crippen molar-refractivity contribution in [1.82, 2.24) is 0 Å². The molecule has 0 saturated heterocycles. The van der Waals surface area contributed by atoms with Crippen molar-refractivity contribution < 1.29 is 21.5 Å². The normalized spacial score (nSPS) is 13.5. The molecule has 0 bridgehead atoms. The van der Waals surface area contributed by atoms with Crippen molar-refractivity contribution in [1.29, 1.82) is 0 Å². The van der Waals surface area contributed by atoms with Gasteiger partial charge in [0.2, 0.25) is 0 Å². The molecule has 0 aliphatic rings. The fourth-order valence-electron chi connectivity index (χ4n) is 0.697. The quantitative estimate of drug-likeness (QED) is 0.776. The lowest BCUT2D eigenvalue weighted by molar-refractivity contribution is 0.409. The maximum atomic E-state index is 10.9. The Bertz CT molecular complexity index is 417. The first kappa shape index (κ1) is 11.2. The molecule has 1 rings (SSSR count). The molecule has 0 amide bonds. The Morgan fingerprint density at radius 2 is 1.79 bits per heavy atom. The van der Waals surface area contributed by atoms with Crippen molar-refractivity contribution in [2.75, 3.05) is 0 Å². The summed E-state index contributed by atoms with van der Waals surface area (Å²) in [5, 5.41) is 4.49. The fourth-order valence-corrected chi connectivity index (χ4v) is 1.92. The molecule has 0 aromatic heterocycles. The molecule has 0 fully saturated rings. The molecule has 0 radical (unpaired) electrons. The zero-order valence-electron chi connectivity index (χ0n) is 6.91. The first-order chi connectivity index (χ1) is 6.47. The van der Waals surface area contributed by atoms with Gasteiger partial charge in [0.1, 0.15) is 5.75 Å². The van der Waals surface area contributed by atoms with Crippen LogP contribution >= 0.6 is 8.25 Å². The molecular formula is C6H8NO5PS. The summed E-state index contributed by atoms with van der Waals surface area (Å²) >= 11 is 0. The molecule has 14 heavy (non-hydrogen) atoms. The zero-order chi connectivity index (χ0) is 10.6. The van der Waals surface area contributed by atoms with Crippen LogP contribution in [-0.4, -0.2) is 8.42 Å². The number of nitrogens with two attached hydrogens (primary N) is 1. The maximum Gasteiger partial charge on any atom is 0.383 e. The molecule has 6 nitrogen and oxygen atoms in total. The van der Waals surface area contributed by atoms with Crippen molar-refractivity contribution in [2.45, 2.75) is 0 Å². The topological polar surface area (TPSA) is 95.7 Å². The first-order valence-corrected chi connectivity index (χ1v) is 6.16. The zero-order valence-corrected chi connectivity index (χ0v) is 8.73. The lowest BCUT2D eigenvalue weighted by Crippen LogP contribution is -2.12. The Balaban J connectivity index is 2.59. The van der Waals surface area contributed by atoms with Gasteiger partial charge in [-0.15, -0.1) is 0 Å². The second-order valence-electron chi connectivity index (χ2n) is 2.24. The van der Waals surface area contributed by atoms with Gasteiger partial charge in [0.25, 0.3) is 0 Å². The van der Waals surface area contributed by atoms with Crippen LogP contribution in [0.2, 0.25) is 0 Å². The van der Waals surface area contributed by atoms with E-state index < -0.39 is 18.6 Å². The van der Waals surface area contributed by atoms with Crippen LogP contribution in [0.25, 0.3) is 0 Å². The van der Waals surface area contributed by atoms with Gasteiger partial charge >= 0.3 is 18.6 Å². The van der Waals surface area contributed by atoms with Crippen molar-refractivity contribution in [3.63, 3.8) is 0 Å². The summed E-state index contributed by atoms with van der Waals surface area (Å²) in [5.41, 5.74) is 0. The van der Waals surface area contributed by atoms with Gasteiger partial charge in [0, 0.05) is 0 Å². The summed E-state index contributed by atoms with van der Waals surface area (Å²) < 4.78 is 40.1. The Hall–Kier alpha value is -0.880. The van der Waals surface area contributed by atoms with Gasteiger partial charge in [-0.25, -0.2) is 9.70 Å². The molecule has 1 atom stereocenters. The molecule has 0 saturated carbocycles. The Kier molecular flexibility index (Phi) is 3.65. The summed E-state index contributed by atoms with van der Waals surface area (Å²) in [6.45, 7) is 0. The van der Waals surface area contributed by atoms with Crippen LogP contribution in [0.4, 0.5) is 0 Å². The van der Waals surface area contributed by atoms with E-state index in [9.17, 15) is 13.0 Å². The summed E-state index contributed by atoms with van der Waals surface area (Å²) in [4.78, 5) is 0. The lowest BCUT2D eigenvalue weighted by Gasteiger charge is -2.03. The molecule has 0 aliphatic carbocycles. The molecule has 1 unspecified atom stereocenters. The van der Waals surface area contributed by atoms with Crippen LogP contribution in [-0.2, 0) is 18.8 Å². The first-order valence-electron chi connectivity index (χ1n) is 3.46. The second kappa shape index (κ2) is 4.56. The molecule has 2 N–H and O–H groups in total. The van der Waals surface area contributed by atoms with E-state index >= 15 is 0 Å². The molecule has 0 spiro atoms. The standard InChI is InChI=1S/C6H8NO5PS/c7-14(9,10)12-13(8)11-6-4-2-1-3-5-6/h1-5,13H,(H2,7,9,10). The highest BCUT2D eigenvalue weighted by molar-refractivity contribution is 7.87. The van der Waals surface area contributed by atoms with Gasteiger partial charge in [-0.2, -0.15) is 12.4 Å². The Morgan fingerprint density at radius 3 is 2.29 bits per heavy atom. The second-order valence-corrected chi connectivity index (χ2v) is 4.60. The number of hydrogen-bond donors (Lipinski definition) is 1. The Morgan fingerprint density at radius 1 is 1.21 bits per heavy atom. The maximum absolute atomic E-state index is 10.9. The average Bonchev–Trinajstić information content (AvgIpc) is 2.02. The minimum absolute atomic E-state index is 0.250. The lowest BCUT2D eigenvalue weighted by atomic mass is 10.3. The van der Waals surface area contributed by atoms with Gasteiger partial charge in [0.15, 0.2) is 0 Å². The monoisotopic (exact) mass is 237 g/mol. The van der Waals surface area contributed by atoms with E-state index in [0.29, 0.717) is 0 Å². The predicted octanol–water partition coefficient (Wildman–Crippen LogP) is 0.675. The van der Waals surface area contributed by atoms with Crippen molar-refractivity contribution >= 4 is 18.6 Å². The summed E-state index contributed by atoms with van der Waals surface area (Å²) in [6.07, 6.45) is 0. The van der Waals surface area contributed by atoms with Gasteiger partial charge in [-0.1, -0.05) is 18.2 Å². The smallest absolute Gasteiger partial charge is 0.383 e. The molecule has 0 aliphatic heterocycles. The van der Waals surface area contributed by atoms with E-state index in [-0.39, 0.29) is 5.75 Å². The molecular weight excluding hydrogens is 229 g/mol. The fraction of sp³-hybridized carbons (Fsp3) is 0. The molecule has 8 heteroatoms. The summed E-state index contributed by atoms with van der Waals surface area (Å²) in [7, 11) is -7.40. The molecule has 0 heterocycles. The van der Waals surface area contributed by atoms with E-state index in [1.807, 2.05) is 0 Å². The van der Waals surface area contributed by atoms with Crippen molar-refractivity contribution in [3.05, 3.63) is 30.3 Å². The van der Waals surface area contributed by atoms with E-state index in [0.717, 1.165) is 0 Å². The third-order valence-electron chi connectivity index (χ3n) is 1.13. The van der Waals surface area contributed by atoms with E-state index in [1.54, 1.807) is 18.2 Å². The molecule has 78 valence electrons. The molecule has 1 aromatic carbocycles. The number of benzene rings is 1. The minimum atomic E-state index is -4.24. The van der Waals surface area contributed by atoms with Crippen LogP contribution in [0, 0.1) is 0 Å².